The van der Waals surface area contributed by atoms with Gasteiger partial charge in [0.25, 0.3) is 0 Å². The van der Waals surface area contributed by atoms with E-state index in [2.05, 4.69) is 30.7 Å². The number of nitrogens with one attached hydrogen (secondary N) is 2. The summed E-state index contributed by atoms with van der Waals surface area (Å²) in [6.07, 6.45) is 9.28. The van der Waals surface area contributed by atoms with E-state index in [4.69, 9.17) is 4.74 Å². The Kier molecular flexibility index (Phi) is 8.70. The first-order chi connectivity index (χ1) is 14.3. The minimum atomic E-state index is 0. The zero-order valence-corrected chi connectivity index (χ0v) is 20.2. The lowest BCUT2D eigenvalue weighted by Crippen LogP contribution is -2.60. The second-order valence-corrected chi connectivity index (χ2v) is 8.03. The van der Waals surface area contributed by atoms with E-state index < -0.39 is 0 Å². The highest BCUT2D eigenvalue weighted by Crippen LogP contribution is 2.33. The Morgan fingerprint density at radius 2 is 1.93 bits per heavy atom. The standard InChI is InChI=1S/C21H33N7O.HI/c1-22-20(23-11-8-19-26-25-18-7-3-6-12-28(18)19)24-17-21(9-4-2-5-10-21)27-13-15-29-16-14-27;/h3,6-7,12H,2,4-5,8-11,13-17H2,1H3,(H2,22,23,24);1H. The largest absolute Gasteiger partial charge is 0.379 e. The van der Waals surface area contributed by atoms with Crippen molar-refractivity contribution >= 4 is 35.6 Å². The van der Waals surface area contributed by atoms with E-state index in [9.17, 15) is 0 Å². The summed E-state index contributed by atoms with van der Waals surface area (Å²) in [5.74, 6) is 1.82. The quantitative estimate of drug-likeness (QED) is 0.341. The average molecular weight is 527 g/mol. The first kappa shape index (κ1) is 23.2. The van der Waals surface area contributed by atoms with Gasteiger partial charge in [0.15, 0.2) is 11.6 Å². The van der Waals surface area contributed by atoms with Gasteiger partial charge in [-0.2, -0.15) is 0 Å². The molecule has 2 fully saturated rings. The number of hydrogen-bond donors (Lipinski definition) is 2. The molecule has 0 atom stereocenters. The minimum absolute atomic E-state index is 0. The fourth-order valence-electron chi connectivity index (χ4n) is 4.68. The fourth-order valence-corrected chi connectivity index (χ4v) is 4.68. The van der Waals surface area contributed by atoms with Crippen molar-refractivity contribution in [2.24, 2.45) is 4.99 Å². The van der Waals surface area contributed by atoms with Crippen molar-refractivity contribution in [3.63, 3.8) is 0 Å². The zero-order chi connectivity index (χ0) is 19.9. The van der Waals surface area contributed by atoms with Gasteiger partial charge >= 0.3 is 0 Å². The van der Waals surface area contributed by atoms with E-state index in [0.29, 0.717) is 0 Å². The molecule has 4 rings (SSSR count). The lowest BCUT2D eigenvalue weighted by Gasteiger charge is -2.48. The summed E-state index contributed by atoms with van der Waals surface area (Å²) in [7, 11) is 1.84. The van der Waals surface area contributed by atoms with Crippen molar-refractivity contribution in [1.82, 2.24) is 30.1 Å². The maximum atomic E-state index is 5.59. The molecule has 0 amide bonds. The minimum Gasteiger partial charge on any atom is -0.379 e. The van der Waals surface area contributed by atoms with Gasteiger partial charge in [0, 0.05) is 51.4 Å². The molecule has 0 unspecified atom stereocenters. The van der Waals surface area contributed by atoms with E-state index in [1.807, 2.05) is 35.8 Å². The molecular formula is C21H34IN7O. The topological polar surface area (TPSA) is 79.1 Å². The van der Waals surface area contributed by atoms with Gasteiger partial charge in [0.1, 0.15) is 5.82 Å². The molecular weight excluding hydrogens is 493 g/mol. The Labute approximate surface area is 195 Å². The van der Waals surface area contributed by atoms with Gasteiger partial charge < -0.3 is 15.4 Å². The van der Waals surface area contributed by atoms with Crippen LogP contribution in [0.25, 0.3) is 5.65 Å². The Balaban J connectivity index is 0.00000256. The van der Waals surface area contributed by atoms with Gasteiger partial charge in [-0.15, -0.1) is 34.2 Å². The van der Waals surface area contributed by atoms with Crippen molar-refractivity contribution in [2.75, 3.05) is 46.4 Å². The van der Waals surface area contributed by atoms with Crippen LogP contribution in [0.3, 0.4) is 0 Å². The number of ether oxygens (including phenoxy) is 1. The third-order valence-corrected chi connectivity index (χ3v) is 6.30. The lowest BCUT2D eigenvalue weighted by atomic mass is 9.80. The Morgan fingerprint density at radius 1 is 1.13 bits per heavy atom. The Hall–Kier alpha value is -1.46. The molecule has 1 saturated heterocycles. The maximum absolute atomic E-state index is 5.59. The molecule has 166 valence electrons. The predicted molar refractivity (Wildman–Crippen MR) is 130 cm³/mol. The molecule has 30 heavy (non-hydrogen) atoms. The molecule has 2 aromatic heterocycles. The van der Waals surface area contributed by atoms with Crippen molar-refractivity contribution in [2.45, 2.75) is 44.1 Å². The molecule has 1 saturated carbocycles. The van der Waals surface area contributed by atoms with E-state index in [1.54, 1.807) is 0 Å². The molecule has 2 N–H and O–H groups in total. The summed E-state index contributed by atoms with van der Waals surface area (Å²) in [6.45, 7) is 5.46. The molecule has 1 aliphatic carbocycles. The van der Waals surface area contributed by atoms with E-state index in [0.717, 1.165) is 63.2 Å². The van der Waals surface area contributed by atoms with Gasteiger partial charge in [0.2, 0.25) is 0 Å². The smallest absolute Gasteiger partial charge is 0.191 e. The summed E-state index contributed by atoms with van der Waals surface area (Å²) in [4.78, 5) is 7.09. The van der Waals surface area contributed by atoms with Gasteiger partial charge in [-0.05, 0) is 25.0 Å². The normalized spacial score (nSPS) is 20.0. The monoisotopic (exact) mass is 527 g/mol. The summed E-state index contributed by atoms with van der Waals surface area (Å²) in [6, 6.07) is 5.95. The van der Waals surface area contributed by atoms with Crippen LogP contribution >= 0.6 is 24.0 Å². The predicted octanol–water partition coefficient (Wildman–Crippen LogP) is 2.09. The fraction of sp³-hybridized carbons (Fsp3) is 0.667. The molecule has 0 spiro atoms. The van der Waals surface area contributed by atoms with Crippen LogP contribution < -0.4 is 10.6 Å². The molecule has 8 nitrogen and oxygen atoms in total. The third-order valence-electron chi connectivity index (χ3n) is 6.30. The number of guanidine groups is 1. The molecule has 1 aliphatic heterocycles. The molecule has 0 aromatic carbocycles. The van der Waals surface area contributed by atoms with Gasteiger partial charge in [0.05, 0.1) is 13.2 Å². The number of aliphatic imine (C=N–C) groups is 1. The first-order valence-electron chi connectivity index (χ1n) is 10.9. The van der Waals surface area contributed by atoms with E-state index in [1.165, 1.54) is 32.1 Å². The van der Waals surface area contributed by atoms with Crippen LogP contribution in [0.2, 0.25) is 0 Å². The molecule has 2 aliphatic rings. The summed E-state index contributed by atoms with van der Waals surface area (Å²) in [5, 5.41) is 15.6. The number of fused-ring (bicyclic) bond motifs is 1. The first-order valence-corrected chi connectivity index (χ1v) is 10.9. The SMILES string of the molecule is CN=C(NCCc1nnc2ccccn12)NCC1(N2CCOCC2)CCCCC1.I. The van der Waals surface area contributed by atoms with Crippen LogP contribution in [0.15, 0.2) is 29.4 Å². The summed E-state index contributed by atoms with van der Waals surface area (Å²) < 4.78 is 7.63. The highest BCUT2D eigenvalue weighted by Gasteiger charge is 2.38. The highest BCUT2D eigenvalue weighted by molar-refractivity contribution is 14.0. The molecule has 3 heterocycles. The van der Waals surface area contributed by atoms with Gasteiger partial charge in [-0.1, -0.05) is 25.3 Å². The van der Waals surface area contributed by atoms with Crippen LogP contribution in [0.5, 0.6) is 0 Å². The van der Waals surface area contributed by atoms with Crippen molar-refractivity contribution in [3.8, 4) is 0 Å². The highest BCUT2D eigenvalue weighted by atomic mass is 127. The van der Waals surface area contributed by atoms with Crippen LogP contribution in [0.4, 0.5) is 0 Å². The average Bonchev–Trinajstić information content (AvgIpc) is 3.20. The van der Waals surface area contributed by atoms with Crippen LogP contribution in [-0.2, 0) is 11.2 Å². The molecule has 0 radical (unpaired) electrons. The third kappa shape index (κ3) is 5.42. The van der Waals surface area contributed by atoms with Crippen LogP contribution in [-0.4, -0.2) is 77.4 Å². The summed E-state index contributed by atoms with van der Waals surface area (Å²) >= 11 is 0. The van der Waals surface area contributed by atoms with Gasteiger partial charge in [-0.25, -0.2) is 0 Å². The molecule has 2 aromatic rings. The van der Waals surface area contributed by atoms with Gasteiger partial charge in [-0.3, -0.25) is 14.3 Å². The maximum Gasteiger partial charge on any atom is 0.191 e. The second-order valence-electron chi connectivity index (χ2n) is 8.03. The zero-order valence-electron chi connectivity index (χ0n) is 17.8. The number of pyridine rings is 1. The van der Waals surface area contributed by atoms with Crippen molar-refractivity contribution < 1.29 is 4.74 Å². The number of rotatable bonds is 6. The van der Waals surface area contributed by atoms with Crippen molar-refractivity contribution in [1.29, 1.82) is 0 Å². The number of aromatic nitrogens is 3. The Morgan fingerprint density at radius 3 is 2.70 bits per heavy atom. The second kappa shape index (κ2) is 11.2. The number of nitrogens with zero attached hydrogens (tertiary/aromatic N) is 5. The molecule has 9 heteroatoms. The van der Waals surface area contributed by atoms with Crippen LogP contribution in [0, 0.1) is 0 Å². The Bertz CT molecular complexity index is 813. The van der Waals surface area contributed by atoms with E-state index >= 15 is 0 Å². The van der Waals surface area contributed by atoms with Crippen molar-refractivity contribution in [3.05, 3.63) is 30.2 Å². The number of hydrogen-bond acceptors (Lipinski definition) is 5. The summed E-state index contributed by atoms with van der Waals surface area (Å²) in [5.41, 5.74) is 1.11. The lowest BCUT2D eigenvalue weighted by molar-refractivity contribution is -0.0352. The number of morpholine rings is 1. The molecule has 0 bridgehead atoms. The van der Waals surface area contributed by atoms with Crippen LogP contribution in [0.1, 0.15) is 37.9 Å². The van der Waals surface area contributed by atoms with E-state index in [-0.39, 0.29) is 29.5 Å². The number of halogens is 1.